The molecule has 1 rings (SSSR count). The van der Waals surface area contributed by atoms with Gasteiger partial charge >= 0.3 is 0 Å². The second-order valence-electron chi connectivity index (χ2n) is 3.43. The Morgan fingerprint density at radius 1 is 1.40 bits per heavy atom. The van der Waals surface area contributed by atoms with E-state index >= 15 is 0 Å². The van der Waals surface area contributed by atoms with Gasteiger partial charge in [0.25, 0.3) is 0 Å². The summed E-state index contributed by atoms with van der Waals surface area (Å²) in [7, 11) is 0. The molecule has 0 atom stereocenters. The molecule has 0 aromatic carbocycles. The molecule has 15 heavy (non-hydrogen) atoms. The summed E-state index contributed by atoms with van der Waals surface area (Å²) in [4.78, 5) is 0. The van der Waals surface area contributed by atoms with Crippen LogP contribution in [0, 0.1) is 0 Å². The maximum absolute atomic E-state index is 5.45. The van der Waals surface area contributed by atoms with Crippen LogP contribution in [0.3, 0.4) is 0 Å². The maximum Gasteiger partial charge on any atom is 0.157 e. The first-order valence-electron chi connectivity index (χ1n) is 5.09. The summed E-state index contributed by atoms with van der Waals surface area (Å²) in [6.45, 7) is 5.96. The van der Waals surface area contributed by atoms with Crippen molar-refractivity contribution in [3.05, 3.63) is 12.4 Å². The van der Waals surface area contributed by atoms with Gasteiger partial charge in [-0.2, -0.15) is 17.7 Å². The Morgan fingerprint density at radius 2 is 2.20 bits per heavy atom. The van der Waals surface area contributed by atoms with Gasteiger partial charge in [0.05, 0.1) is 25.6 Å². The van der Waals surface area contributed by atoms with Crippen LogP contribution >= 0.6 is 12.6 Å². The minimum Gasteiger partial charge on any atom is -0.488 e. The van der Waals surface area contributed by atoms with Crippen molar-refractivity contribution >= 4 is 12.6 Å². The average molecular weight is 230 g/mol. The second-order valence-corrected chi connectivity index (χ2v) is 3.88. The predicted octanol–water partition coefficient (Wildman–Crippen LogP) is 1.79. The van der Waals surface area contributed by atoms with Crippen LogP contribution in [0.4, 0.5) is 0 Å². The van der Waals surface area contributed by atoms with Crippen LogP contribution in [-0.2, 0) is 4.74 Å². The van der Waals surface area contributed by atoms with E-state index in [9.17, 15) is 0 Å². The molecule has 0 radical (unpaired) electrons. The largest absolute Gasteiger partial charge is 0.488 e. The molecule has 0 saturated heterocycles. The van der Waals surface area contributed by atoms with Gasteiger partial charge in [-0.15, -0.1) is 0 Å². The van der Waals surface area contributed by atoms with Gasteiger partial charge in [-0.25, -0.2) is 0 Å². The van der Waals surface area contributed by atoms with Gasteiger partial charge in [-0.3, -0.25) is 4.68 Å². The Bertz CT molecular complexity index is 276. The number of rotatable bonds is 7. The smallest absolute Gasteiger partial charge is 0.157 e. The molecule has 1 aromatic heterocycles. The van der Waals surface area contributed by atoms with E-state index in [1.165, 1.54) is 0 Å². The first-order chi connectivity index (χ1) is 7.24. The van der Waals surface area contributed by atoms with Gasteiger partial charge in [0.15, 0.2) is 5.75 Å². The molecule has 0 amide bonds. The highest BCUT2D eigenvalue weighted by Crippen LogP contribution is 2.11. The lowest BCUT2D eigenvalue weighted by atomic mass is 10.4. The molecule has 4 nitrogen and oxygen atoms in total. The molecule has 0 spiro atoms. The van der Waals surface area contributed by atoms with Crippen LogP contribution in [0.15, 0.2) is 12.4 Å². The van der Waals surface area contributed by atoms with Crippen molar-refractivity contribution in [2.75, 3.05) is 25.6 Å². The molecular weight excluding hydrogens is 212 g/mol. The second kappa shape index (κ2) is 6.74. The van der Waals surface area contributed by atoms with E-state index in [2.05, 4.69) is 31.6 Å². The standard InChI is InChI=1S/C10H18N2O2S/c1-9(2)12-8-10(7-11-12)14-4-3-13-5-6-15/h7-9,15H,3-6H2,1-2H3. The van der Waals surface area contributed by atoms with Crippen LogP contribution in [0.5, 0.6) is 5.75 Å². The molecule has 0 saturated carbocycles. The molecule has 0 aliphatic carbocycles. The van der Waals surface area contributed by atoms with Crippen molar-refractivity contribution in [3.8, 4) is 5.75 Å². The average Bonchev–Trinajstić information content (AvgIpc) is 2.66. The number of ether oxygens (including phenoxy) is 2. The molecule has 0 unspecified atom stereocenters. The van der Waals surface area contributed by atoms with Crippen molar-refractivity contribution in [3.63, 3.8) is 0 Å². The third-order valence-electron chi connectivity index (χ3n) is 1.84. The summed E-state index contributed by atoms with van der Waals surface area (Å²) in [6, 6.07) is 0.364. The van der Waals surface area contributed by atoms with E-state index in [0.717, 1.165) is 11.5 Å². The van der Waals surface area contributed by atoms with E-state index in [4.69, 9.17) is 9.47 Å². The molecule has 0 aliphatic heterocycles. The molecule has 0 fully saturated rings. The van der Waals surface area contributed by atoms with Crippen LogP contribution in [0.2, 0.25) is 0 Å². The number of aromatic nitrogens is 2. The van der Waals surface area contributed by atoms with Crippen LogP contribution in [-0.4, -0.2) is 35.4 Å². The number of nitrogens with zero attached hydrogens (tertiary/aromatic N) is 2. The maximum atomic E-state index is 5.45. The van der Waals surface area contributed by atoms with Crippen molar-refractivity contribution in [1.29, 1.82) is 0 Å². The third kappa shape index (κ3) is 4.57. The van der Waals surface area contributed by atoms with Gasteiger partial charge in [0.2, 0.25) is 0 Å². The Morgan fingerprint density at radius 3 is 2.80 bits per heavy atom. The Labute approximate surface area is 96.0 Å². The first kappa shape index (κ1) is 12.4. The third-order valence-corrected chi connectivity index (χ3v) is 2.02. The minimum absolute atomic E-state index is 0.364. The summed E-state index contributed by atoms with van der Waals surface area (Å²) in [6.07, 6.45) is 3.61. The highest BCUT2D eigenvalue weighted by Gasteiger charge is 2.01. The van der Waals surface area contributed by atoms with E-state index < -0.39 is 0 Å². The van der Waals surface area contributed by atoms with E-state index in [0.29, 0.717) is 25.9 Å². The molecular formula is C10H18N2O2S. The normalized spacial score (nSPS) is 10.9. The van der Waals surface area contributed by atoms with Gasteiger partial charge in [0, 0.05) is 11.8 Å². The van der Waals surface area contributed by atoms with Crippen molar-refractivity contribution in [1.82, 2.24) is 9.78 Å². The SMILES string of the molecule is CC(C)n1cc(OCCOCCS)cn1. The Balaban J connectivity index is 2.20. The lowest BCUT2D eigenvalue weighted by molar-refractivity contribution is 0.112. The zero-order valence-electron chi connectivity index (χ0n) is 9.22. The Hall–Kier alpha value is -0.680. The fraction of sp³-hybridized carbons (Fsp3) is 0.700. The minimum atomic E-state index is 0.364. The molecule has 5 heteroatoms. The van der Waals surface area contributed by atoms with Crippen molar-refractivity contribution in [2.45, 2.75) is 19.9 Å². The van der Waals surface area contributed by atoms with Gasteiger partial charge in [0.1, 0.15) is 6.61 Å². The number of hydrogen-bond donors (Lipinski definition) is 1. The molecule has 0 bridgehead atoms. The van der Waals surface area contributed by atoms with Crippen LogP contribution in [0.1, 0.15) is 19.9 Å². The van der Waals surface area contributed by atoms with Crippen LogP contribution in [0.25, 0.3) is 0 Å². The highest BCUT2D eigenvalue weighted by molar-refractivity contribution is 7.80. The monoisotopic (exact) mass is 230 g/mol. The van der Waals surface area contributed by atoms with E-state index in [-0.39, 0.29) is 0 Å². The van der Waals surface area contributed by atoms with Gasteiger partial charge in [-0.05, 0) is 13.8 Å². The highest BCUT2D eigenvalue weighted by atomic mass is 32.1. The van der Waals surface area contributed by atoms with Crippen LogP contribution < -0.4 is 4.74 Å². The topological polar surface area (TPSA) is 36.3 Å². The fourth-order valence-corrected chi connectivity index (χ4v) is 1.19. The summed E-state index contributed by atoms with van der Waals surface area (Å²) >= 11 is 4.04. The summed E-state index contributed by atoms with van der Waals surface area (Å²) < 4.78 is 12.5. The van der Waals surface area contributed by atoms with Crippen molar-refractivity contribution < 1.29 is 9.47 Å². The zero-order chi connectivity index (χ0) is 11.1. The van der Waals surface area contributed by atoms with Gasteiger partial charge < -0.3 is 9.47 Å². The lowest BCUT2D eigenvalue weighted by Crippen LogP contribution is -2.07. The van der Waals surface area contributed by atoms with E-state index in [1.807, 2.05) is 10.9 Å². The zero-order valence-corrected chi connectivity index (χ0v) is 10.1. The lowest BCUT2D eigenvalue weighted by Gasteiger charge is -2.04. The Kier molecular flexibility index (Phi) is 5.57. The fourth-order valence-electron chi connectivity index (χ4n) is 1.06. The first-order valence-corrected chi connectivity index (χ1v) is 5.73. The molecule has 0 N–H and O–H groups in total. The molecule has 0 aliphatic rings. The molecule has 86 valence electrons. The van der Waals surface area contributed by atoms with Gasteiger partial charge in [-0.1, -0.05) is 0 Å². The summed E-state index contributed by atoms with van der Waals surface area (Å²) in [5.74, 6) is 1.53. The van der Waals surface area contributed by atoms with E-state index in [1.54, 1.807) is 6.20 Å². The molecule has 1 heterocycles. The quantitative estimate of drug-likeness (QED) is 0.573. The summed E-state index contributed by atoms with van der Waals surface area (Å²) in [5, 5.41) is 4.17. The number of thiol groups is 1. The molecule has 1 aromatic rings. The predicted molar refractivity (Wildman–Crippen MR) is 62.8 cm³/mol. The summed E-state index contributed by atoms with van der Waals surface area (Å²) in [5.41, 5.74) is 0. The number of hydrogen-bond acceptors (Lipinski definition) is 4. The van der Waals surface area contributed by atoms with Crippen molar-refractivity contribution in [2.24, 2.45) is 0 Å².